The van der Waals surface area contributed by atoms with Gasteiger partial charge >= 0.3 is 0 Å². The predicted octanol–water partition coefficient (Wildman–Crippen LogP) is 3.82. The molecule has 0 amide bonds. The number of aryl methyl sites for hydroxylation is 1. The Labute approximate surface area is 131 Å². The number of benzene rings is 2. The second-order valence-electron chi connectivity index (χ2n) is 4.38. The van der Waals surface area contributed by atoms with Crippen LogP contribution in [0.1, 0.15) is 5.56 Å². The minimum atomic E-state index is -4.01. The van der Waals surface area contributed by atoms with Gasteiger partial charge in [0, 0.05) is 10.7 Å². The molecule has 0 unspecified atom stereocenters. The van der Waals surface area contributed by atoms with Gasteiger partial charge in [-0.25, -0.2) is 12.8 Å². The molecule has 0 atom stereocenters. The van der Waals surface area contributed by atoms with E-state index in [-0.39, 0.29) is 26.3 Å². The van der Waals surface area contributed by atoms with Gasteiger partial charge in [0.05, 0.1) is 10.7 Å². The zero-order valence-corrected chi connectivity index (χ0v) is 13.2. The van der Waals surface area contributed by atoms with Gasteiger partial charge in [0.1, 0.15) is 10.7 Å². The van der Waals surface area contributed by atoms with Gasteiger partial charge in [-0.05, 0) is 42.8 Å². The Morgan fingerprint density at radius 1 is 1.19 bits per heavy atom. The fourth-order valence-electron chi connectivity index (χ4n) is 1.78. The Balaban J connectivity index is 2.46. The van der Waals surface area contributed by atoms with E-state index < -0.39 is 15.8 Å². The summed E-state index contributed by atoms with van der Waals surface area (Å²) in [5.41, 5.74) is 6.12. The topological polar surface area (TPSA) is 72.2 Å². The van der Waals surface area contributed by atoms with Gasteiger partial charge in [-0.1, -0.05) is 23.2 Å². The van der Waals surface area contributed by atoms with Crippen LogP contribution >= 0.6 is 23.2 Å². The van der Waals surface area contributed by atoms with Crippen molar-refractivity contribution in [3.63, 3.8) is 0 Å². The third-order valence-corrected chi connectivity index (χ3v) is 4.84. The average Bonchev–Trinajstić information content (AvgIpc) is 2.31. The summed E-state index contributed by atoms with van der Waals surface area (Å²) in [7, 11) is -4.01. The van der Waals surface area contributed by atoms with Crippen molar-refractivity contribution < 1.29 is 12.8 Å². The van der Waals surface area contributed by atoms with Crippen LogP contribution in [0.2, 0.25) is 10.0 Å². The zero-order chi connectivity index (χ0) is 15.8. The van der Waals surface area contributed by atoms with E-state index in [1.54, 1.807) is 0 Å². The van der Waals surface area contributed by atoms with Gasteiger partial charge in [-0.15, -0.1) is 0 Å². The van der Waals surface area contributed by atoms with Crippen LogP contribution < -0.4 is 10.5 Å². The third-order valence-electron chi connectivity index (χ3n) is 2.72. The maximum atomic E-state index is 13.2. The van der Waals surface area contributed by atoms with Crippen LogP contribution in [0.25, 0.3) is 0 Å². The van der Waals surface area contributed by atoms with E-state index in [0.717, 1.165) is 0 Å². The Hall–Kier alpha value is -1.50. The van der Waals surface area contributed by atoms with Crippen LogP contribution in [-0.4, -0.2) is 8.42 Å². The highest BCUT2D eigenvalue weighted by Crippen LogP contribution is 2.32. The van der Waals surface area contributed by atoms with E-state index in [4.69, 9.17) is 28.9 Å². The lowest BCUT2D eigenvalue weighted by molar-refractivity contribution is 0.601. The molecule has 112 valence electrons. The molecule has 0 aromatic heterocycles. The van der Waals surface area contributed by atoms with Crippen LogP contribution in [0.3, 0.4) is 0 Å². The molecule has 0 heterocycles. The molecular weight excluding hydrogens is 338 g/mol. The first-order valence-corrected chi connectivity index (χ1v) is 7.98. The summed E-state index contributed by atoms with van der Waals surface area (Å²) >= 11 is 11.6. The average molecular weight is 349 g/mol. The highest BCUT2D eigenvalue weighted by molar-refractivity contribution is 7.93. The Morgan fingerprint density at radius 3 is 2.43 bits per heavy atom. The zero-order valence-electron chi connectivity index (χ0n) is 10.8. The predicted molar refractivity (Wildman–Crippen MR) is 82.8 cm³/mol. The quantitative estimate of drug-likeness (QED) is 0.828. The minimum Gasteiger partial charge on any atom is -0.398 e. The van der Waals surface area contributed by atoms with Crippen LogP contribution in [-0.2, 0) is 10.0 Å². The smallest absolute Gasteiger partial charge is 0.265 e. The second kappa shape index (κ2) is 5.71. The molecule has 0 aliphatic carbocycles. The van der Waals surface area contributed by atoms with Crippen LogP contribution in [0.4, 0.5) is 15.8 Å². The van der Waals surface area contributed by atoms with Crippen LogP contribution in [0.15, 0.2) is 35.2 Å². The maximum absolute atomic E-state index is 13.2. The van der Waals surface area contributed by atoms with Crippen molar-refractivity contribution in [2.24, 2.45) is 0 Å². The standard InChI is InChI=1S/C13H11Cl2FN2O2S/c1-7-4-9(2-3-11(7)16)18-21(19,20)13-10(15)5-8(14)6-12(13)17/h2-6,18H,17H2,1H3. The van der Waals surface area contributed by atoms with Gasteiger partial charge in [0.25, 0.3) is 10.0 Å². The van der Waals surface area contributed by atoms with Crippen molar-refractivity contribution in [2.45, 2.75) is 11.8 Å². The molecule has 8 heteroatoms. The summed E-state index contributed by atoms with van der Waals surface area (Å²) < 4.78 is 40.2. The largest absolute Gasteiger partial charge is 0.398 e. The maximum Gasteiger partial charge on any atom is 0.265 e. The molecule has 0 saturated carbocycles. The summed E-state index contributed by atoms with van der Waals surface area (Å²) in [6, 6.07) is 6.41. The van der Waals surface area contributed by atoms with E-state index in [2.05, 4.69) is 4.72 Å². The number of hydrogen-bond acceptors (Lipinski definition) is 3. The van der Waals surface area contributed by atoms with Crippen molar-refractivity contribution in [2.75, 3.05) is 10.5 Å². The van der Waals surface area contributed by atoms with Crippen molar-refractivity contribution in [3.8, 4) is 0 Å². The first-order chi connectivity index (χ1) is 9.70. The van der Waals surface area contributed by atoms with Crippen molar-refractivity contribution in [1.82, 2.24) is 0 Å². The van der Waals surface area contributed by atoms with Crippen LogP contribution in [0, 0.1) is 12.7 Å². The summed E-state index contributed by atoms with van der Waals surface area (Å²) in [5, 5.41) is 0.139. The van der Waals surface area contributed by atoms with Gasteiger partial charge in [0.15, 0.2) is 0 Å². The van der Waals surface area contributed by atoms with Crippen molar-refractivity contribution >= 4 is 44.6 Å². The van der Waals surface area contributed by atoms with Gasteiger partial charge in [0.2, 0.25) is 0 Å². The van der Waals surface area contributed by atoms with E-state index >= 15 is 0 Å². The Bertz CT molecular complexity index is 787. The Morgan fingerprint density at radius 2 is 1.86 bits per heavy atom. The first-order valence-electron chi connectivity index (χ1n) is 5.74. The minimum absolute atomic E-state index is 0.0705. The second-order valence-corrected chi connectivity index (χ2v) is 6.84. The first kappa shape index (κ1) is 15.9. The molecule has 3 N–H and O–H groups in total. The SMILES string of the molecule is Cc1cc(NS(=O)(=O)c2c(N)cc(Cl)cc2Cl)ccc1F. The lowest BCUT2D eigenvalue weighted by atomic mass is 10.2. The van der Waals surface area contributed by atoms with Crippen molar-refractivity contribution in [3.05, 3.63) is 51.8 Å². The molecule has 2 rings (SSSR count). The fraction of sp³-hybridized carbons (Fsp3) is 0.0769. The Kier molecular flexibility index (Phi) is 4.32. The summed E-state index contributed by atoms with van der Waals surface area (Å²) in [6.07, 6.45) is 0. The number of nitrogens with one attached hydrogen (secondary N) is 1. The molecule has 21 heavy (non-hydrogen) atoms. The number of nitrogens with two attached hydrogens (primary N) is 1. The highest BCUT2D eigenvalue weighted by Gasteiger charge is 2.22. The molecule has 2 aromatic rings. The molecule has 0 aliphatic rings. The summed E-state index contributed by atoms with van der Waals surface area (Å²) in [4.78, 5) is -0.268. The number of nitrogen functional groups attached to an aromatic ring is 1. The molecule has 0 saturated heterocycles. The number of hydrogen-bond donors (Lipinski definition) is 2. The molecule has 2 aromatic carbocycles. The van der Waals surface area contributed by atoms with E-state index in [1.807, 2.05) is 0 Å². The van der Waals surface area contributed by atoms with Gasteiger partial charge < -0.3 is 5.73 Å². The third kappa shape index (κ3) is 3.40. The molecule has 4 nitrogen and oxygen atoms in total. The molecule has 0 bridgehead atoms. The monoisotopic (exact) mass is 348 g/mol. The van der Waals surface area contributed by atoms with Gasteiger partial charge in [-0.2, -0.15) is 0 Å². The summed E-state index contributed by atoms with van der Waals surface area (Å²) in [5.74, 6) is -0.429. The number of halogens is 3. The molecular formula is C13H11Cl2FN2O2S. The summed E-state index contributed by atoms with van der Waals surface area (Å²) in [6.45, 7) is 1.52. The van der Waals surface area contributed by atoms with Gasteiger partial charge in [-0.3, -0.25) is 4.72 Å². The molecule has 0 fully saturated rings. The van der Waals surface area contributed by atoms with E-state index in [0.29, 0.717) is 5.56 Å². The van der Waals surface area contributed by atoms with Crippen LogP contribution in [0.5, 0.6) is 0 Å². The lowest BCUT2D eigenvalue weighted by Crippen LogP contribution is -2.15. The number of rotatable bonds is 3. The number of sulfonamides is 1. The number of anilines is 2. The molecule has 0 radical (unpaired) electrons. The molecule has 0 spiro atoms. The highest BCUT2D eigenvalue weighted by atomic mass is 35.5. The fourth-order valence-corrected chi connectivity index (χ4v) is 3.82. The normalized spacial score (nSPS) is 11.4. The van der Waals surface area contributed by atoms with E-state index in [9.17, 15) is 12.8 Å². The lowest BCUT2D eigenvalue weighted by Gasteiger charge is -2.12. The van der Waals surface area contributed by atoms with Crippen molar-refractivity contribution in [1.29, 1.82) is 0 Å². The molecule has 0 aliphatic heterocycles. The van der Waals surface area contributed by atoms with E-state index in [1.165, 1.54) is 37.3 Å².